The van der Waals surface area contributed by atoms with Crippen LogP contribution < -0.4 is 4.74 Å². The third-order valence-corrected chi connectivity index (χ3v) is 3.78. The van der Waals surface area contributed by atoms with Crippen LogP contribution in [0.15, 0.2) is 59.2 Å². The molecule has 3 aromatic rings. The summed E-state index contributed by atoms with van der Waals surface area (Å²) in [5.74, 6) is 0.952. The van der Waals surface area contributed by atoms with E-state index in [1.54, 1.807) is 47.3 Å². The summed E-state index contributed by atoms with van der Waals surface area (Å²) in [6.45, 7) is 2.55. The Morgan fingerprint density at radius 3 is 2.89 bits per heavy atom. The number of rotatable bonds is 8. The van der Waals surface area contributed by atoms with Gasteiger partial charge in [0.2, 0.25) is 5.78 Å². The van der Waals surface area contributed by atoms with Crippen molar-refractivity contribution < 1.29 is 18.9 Å². The average Bonchev–Trinajstić information content (AvgIpc) is 3.33. The number of nitro groups is 1. The van der Waals surface area contributed by atoms with E-state index in [9.17, 15) is 14.9 Å². The van der Waals surface area contributed by atoms with Gasteiger partial charge in [-0.1, -0.05) is 12.1 Å². The molecule has 0 unspecified atom stereocenters. The summed E-state index contributed by atoms with van der Waals surface area (Å²) in [5, 5.41) is 15.0. The Morgan fingerprint density at radius 1 is 1.30 bits per heavy atom. The number of carbonyl (C=O) groups is 1. The van der Waals surface area contributed by atoms with Crippen LogP contribution in [-0.4, -0.2) is 20.5 Å². The molecule has 27 heavy (non-hydrogen) atoms. The van der Waals surface area contributed by atoms with Crippen molar-refractivity contribution in [1.82, 2.24) is 9.78 Å². The molecule has 0 aliphatic carbocycles. The number of benzene rings is 1. The zero-order chi connectivity index (χ0) is 19.2. The largest absolute Gasteiger partial charge is 0.479 e. The Labute approximate surface area is 154 Å². The van der Waals surface area contributed by atoms with E-state index in [2.05, 4.69) is 5.10 Å². The first kappa shape index (κ1) is 18.1. The van der Waals surface area contributed by atoms with Crippen LogP contribution in [0.5, 0.6) is 5.75 Å². The molecular weight excluding hydrogens is 350 g/mol. The van der Waals surface area contributed by atoms with Crippen LogP contribution >= 0.6 is 0 Å². The second-order valence-electron chi connectivity index (χ2n) is 5.55. The fourth-order valence-electron chi connectivity index (χ4n) is 2.48. The highest BCUT2D eigenvalue weighted by molar-refractivity contribution is 6.05. The monoisotopic (exact) mass is 367 g/mol. The molecule has 3 rings (SSSR count). The molecular formula is C19H17N3O5. The van der Waals surface area contributed by atoms with Gasteiger partial charge in [-0.3, -0.25) is 19.6 Å². The summed E-state index contributed by atoms with van der Waals surface area (Å²) in [6, 6.07) is 11.2. The van der Waals surface area contributed by atoms with E-state index in [0.717, 1.165) is 0 Å². The fourth-order valence-corrected chi connectivity index (χ4v) is 2.48. The highest BCUT2D eigenvalue weighted by Crippen LogP contribution is 2.26. The van der Waals surface area contributed by atoms with Crippen molar-refractivity contribution in [2.45, 2.75) is 20.1 Å². The van der Waals surface area contributed by atoms with Gasteiger partial charge in [0.1, 0.15) is 23.8 Å². The van der Waals surface area contributed by atoms with Gasteiger partial charge in [-0.2, -0.15) is 5.10 Å². The number of nitro benzene ring substituents is 1. The van der Waals surface area contributed by atoms with Crippen LogP contribution in [0.25, 0.3) is 6.08 Å². The Balaban J connectivity index is 1.64. The van der Waals surface area contributed by atoms with Crippen molar-refractivity contribution >= 4 is 17.5 Å². The number of hydrogen-bond donors (Lipinski definition) is 0. The Hall–Kier alpha value is -3.68. The van der Waals surface area contributed by atoms with Crippen LogP contribution in [-0.2, 0) is 13.2 Å². The Morgan fingerprint density at radius 2 is 2.11 bits per heavy atom. The molecule has 2 heterocycles. The number of para-hydroxylation sites is 2. The van der Waals surface area contributed by atoms with Crippen LogP contribution in [0.1, 0.15) is 28.9 Å². The van der Waals surface area contributed by atoms with Gasteiger partial charge in [-0.15, -0.1) is 0 Å². The predicted octanol–water partition coefficient (Wildman–Crippen LogP) is 3.88. The first-order valence-electron chi connectivity index (χ1n) is 8.27. The molecule has 0 atom stereocenters. The normalized spacial score (nSPS) is 11.0. The summed E-state index contributed by atoms with van der Waals surface area (Å²) >= 11 is 0. The summed E-state index contributed by atoms with van der Waals surface area (Å²) in [4.78, 5) is 22.7. The first-order valence-corrected chi connectivity index (χ1v) is 8.27. The summed E-state index contributed by atoms with van der Waals surface area (Å²) in [5.41, 5.74) is 0.391. The molecule has 0 N–H and O–H groups in total. The van der Waals surface area contributed by atoms with Gasteiger partial charge in [0.05, 0.1) is 4.92 Å². The Kier molecular flexibility index (Phi) is 5.46. The quantitative estimate of drug-likeness (QED) is 0.259. The number of allylic oxidation sites excluding steroid dienone is 1. The molecule has 0 saturated heterocycles. The van der Waals surface area contributed by atoms with Gasteiger partial charge in [0.25, 0.3) is 0 Å². The van der Waals surface area contributed by atoms with Crippen molar-refractivity contribution in [2.24, 2.45) is 0 Å². The lowest BCUT2D eigenvalue weighted by atomic mass is 10.2. The SMILES string of the molecule is CCn1nccc1C(=O)/C=C/c1ccc(COc2ccccc2[N+](=O)[O-])o1. The molecule has 138 valence electrons. The van der Waals surface area contributed by atoms with E-state index in [4.69, 9.17) is 9.15 Å². The number of aryl methyl sites for hydroxylation is 1. The Bertz CT molecular complexity index is 987. The number of carbonyl (C=O) groups excluding carboxylic acids is 1. The molecule has 8 nitrogen and oxygen atoms in total. The van der Waals surface area contributed by atoms with Crippen molar-refractivity contribution in [3.63, 3.8) is 0 Å². The summed E-state index contributed by atoms with van der Waals surface area (Å²) in [6.07, 6.45) is 4.55. The molecule has 0 spiro atoms. The van der Waals surface area contributed by atoms with E-state index < -0.39 is 4.92 Å². The molecule has 1 aromatic carbocycles. The van der Waals surface area contributed by atoms with Gasteiger partial charge >= 0.3 is 5.69 Å². The number of ketones is 1. The molecule has 8 heteroatoms. The lowest BCUT2D eigenvalue weighted by Crippen LogP contribution is -2.07. The lowest BCUT2D eigenvalue weighted by Gasteiger charge is -2.04. The van der Waals surface area contributed by atoms with Crippen molar-refractivity contribution in [3.8, 4) is 5.75 Å². The third kappa shape index (κ3) is 4.30. The maximum absolute atomic E-state index is 12.2. The second-order valence-corrected chi connectivity index (χ2v) is 5.55. The van der Waals surface area contributed by atoms with Crippen molar-refractivity contribution in [1.29, 1.82) is 0 Å². The number of nitrogens with zero attached hydrogens (tertiary/aromatic N) is 3. The van der Waals surface area contributed by atoms with E-state index in [-0.39, 0.29) is 23.8 Å². The number of hydrogen-bond acceptors (Lipinski definition) is 6. The second kappa shape index (κ2) is 8.13. The van der Waals surface area contributed by atoms with Gasteiger partial charge in [0.15, 0.2) is 5.75 Å². The van der Waals surface area contributed by atoms with Crippen LogP contribution in [0.3, 0.4) is 0 Å². The molecule has 0 fully saturated rings. The molecule has 0 amide bonds. The van der Waals surface area contributed by atoms with Gasteiger partial charge < -0.3 is 9.15 Å². The molecule has 2 aromatic heterocycles. The van der Waals surface area contributed by atoms with E-state index in [0.29, 0.717) is 23.8 Å². The molecule has 0 radical (unpaired) electrons. The minimum absolute atomic E-state index is 0.0369. The van der Waals surface area contributed by atoms with Crippen molar-refractivity contribution in [2.75, 3.05) is 0 Å². The number of aromatic nitrogens is 2. The smallest absolute Gasteiger partial charge is 0.310 e. The highest BCUT2D eigenvalue weighted by atomic mass is 16.6. The topological polar surface area (TPSA) is 100 Å². The summed E-state index contributed by atoms with van der Waals surface area (Å²) in [7, 11) is 0. The number of furan rings is 1. The van der Waals surface area contributed by atoms with Gasteiger partial charge in [0, 0.05) is 18.8 Å². The third-order valence-electron chi connectivity index (χ3n) is 3.78. The fraction of sp³-hybridized carbons (Fsp3) is 0.158. The zero-order valence-electron chi connectivity index (χ0n) is 14.6. The van der Waals surface area contributed by atoms with E-state index >= 15 is 0 Å². The first-order chi connectivity index (χ1) is 13.1. The van der Waals surface area contributed by atoms with Crippen LogP contribution in [0.2, 0.25) is 0 Å². The maximum Gasteiger partial charge on any atom is 0.310 e. The minimum Gasteiger partial charge on any atom is -0.479 e. The van der Waals surface area contributed by atoms with Crippen LogP contribution in [0.4, 0.5) is 5.69 Å². The average molecular weight is 367 g/mol. The van der Waals surface area contributed by atoms with E-state index in [1.165, 1.54) is 18.2 Å². The van der Waals surface area contributed by atoms with Gasteiger partial charge in [-0.05, 0) is 43.3 Å². The standard InChI is InChI=1S/C19H17N3O5/c1-2-21-16(11-12-20-21)18(23)10-9-14-7-8-15(27-14)13-26-19-6-4-3-5-17(19)22(24)25/h3-12H,2,13H2,1H3/b10-9+. The lowest BCUT2D eigenvalue weighted by molar-refractivity contribution is -0.386. The molecule has 0 aliphatic rings. The summed E-state index contributed by atoms with van der Waals surface area (Å²) < 4.78 is 12.7. The van der Waals surface area contributed by atoms with E-state index in [1.807, 2.05) is 6.92 Å². The predicted molar refractivity (Wildman–Crippen MR) is 97.4 cm³/mol. The maximum atomic E-state index is 12.2. The van der Waals surface area contributed by atoms with Gasteiger partial charge in [-0.25, -0.2) is 0 Å². The minimum atomic E-state index is -0.502. The van der Waals surface area contributed by atoms with Crippen molar-refractivity contribution in [3.05, 3.63) is 82.1 Å². The highest BCUT2D eigenvalue weighted by Gasteiger charge is 2.14. The zero-order valence-corrected chi connectivity index (χ0v) is 14.6. The molecule has 0 bridgehead atoms. The number of ether oxygens (including phenoxy) is 1. The molecule has 0 aliphatic heterocycles. The van der Waals surface area contributed by atoms with Crippen LogP contribution in [0, 0.1) is 10.1 Å². The molecule has 0 saturated carbocycles.